The number of carbonyl (C=O) groups is 2. The Morgan fingerprint density at radius 2 is 2.33 bits per heavy atom. The Labute approximate surface area is 170 Å². The lowest BCUT2D eigenvalue weighted by Gasteiger charge is -2.31. The van der Waals surface area contributed by atoms with Crippen molar-refractivity contribution in [1.29, 1.82) is 0 Å². The summed E-state index contributed by atoms with van der Waals surface area (Å²) >= 11 is 9.10. The van der Waals surface area contributed by atoms with Gasteiger partial charge in [-0.1, -0.05) is 35.5 Å². The first-order chi connectivity index (χ1) is 12.9. The molecule has 0 spiro atoms. The van der Waals surface area contributed by atoms with Gasteiger partial charge >= 0.3 is 5.97 Å². The number of amides is 1. The maximum atomic E-state index is 12.4. The summed E-state index contributed by atoms with van der Waals surface area (Å²) in [5.41, 5.74) is 8.48. The van der Waals surface area contributed by atoms with E-state index in [0.717, 1.165) is 11.1 Å². The van der Waals surface area contributed by atoms with Crippen LogP contribution < -0.4 is 5.73 Å². The summed E-state index contributed by atoms with van der Waals surface area (Å²) < 4.78 is 0.682. The molecule has 6 nitrogen and oxygen atoms in total. The summed E-state index contributed by atoms with van der Waals surface area (Å²) in [6.07, 6.45) is 1.18. The topological polar surface area (TPSA) is 96.5 Å². The second kappa shape index (κ2) is 8.60. The molecule has 1 unspecified atom stereocenters. The molecule has 1 amide bonds. The summed E-state index contributed by atoms with van der Waals surface area (Å²) in [5, 5.41) is 11.1. The fourth-order valence-corrected chi connectivity index (χ4v) is 5.49. The van der Waals surface area contributed by atoms with Crippen LogP contribution in [0.4, 0.5) is 0 Å². The molecule has 0 saturated carbocycles. The minimum Gasteiger partial charge on any atom is -0.476 e. The number of benzene rings is 1. The molecule has 3 rings (SSSR count). The van der Waals surface area contributed by atoms with E-state index in [2.05, 4.69) is 4.98 Å². The molecule has 1 aromatic carbocycles. The number of thiazole rings is 1. The number of carbonyl (C=O) groups excluding carboxylic acids is 1. The average Bonchev–Trinajstić information content (AvgIpc) is 3.22. The van der Waals surface area contributed by atoms with Gasteiger partial charge in [-0.25, -0.2) is 9.78 Å². The number of carboxylic acid groups (broad SMARTS) is 1. The smallest absolute Gasteiger partial charge is 0.355 e. The Hall–Kier alpha value is -1.61. The van der Waals surface area contributed by atoms with Gasteiger partial charge in [0.05, 0.1) is 12.1 Å². The van der Waals surface area contributed by atoms with Crippen LogP contribution in [0.25, 0.3) is 0 Å². The zero-order valence-corrected chi connectivity index (χ0v) is 17.1. The van der Waals surface area contributed by atoms with Crippen molar-refractivity contribution in [3.8, 4) is 0 Å². The molecule has 1 aliphatic heterocycles. The van der Waals surface area contributed by atoms with Gasteiger partial charge in [0.1, 0.15) is 0 Å². The molecule has 2 aromatic rings. The van der Waals surface area contributed by atoms with Gasteiger partial charge < -0.3 is 15.7 Å². The van der Waals surface area contributed by atoms with Gasteiger partial charge in [-0.15, -0.1) is 11.3 Å². The summed E-state index contributed by atoms with van der Waals surface area (Å²) in [5.74, 6) is -0.316. The van der Waals surface area contributed by atoms with E-state index >= 15 is 0 Å². The van der Waals surface area contributed by atoms with E-state index in [1.807, 2.05) is 30.0 Å². The fourth-order valence-electron chi connectivity index (χ4n) is 3.33. The highest BCUT2D eigenvalue weighted by molar-refractivity contribution is 8.01. The number of likely N-dealkylation sites (tertiary alicyclic amines) is 1. The van der Waals surface area contributed by atoms with E-state index < -0.39 is 5.97 Å². The van der Waals surface area contributed by atoms with E-state index in [0.29, 0.717) is 34.5 Å². The summed E-state index contributed by atoms with van der Waals surface area (Å²) in [7, 11) is 0. The molecule has 1 saturated heterocycles. The molecule has 0 aliphatic carbocycles. The number of aryl methyl sites for hydroxylation is 1. The van der Waals surface area contributed by atoms with Crippen molar-refractivity contribution in [2.45, 2.75) is 36.2 Å². The van der Waals surface area contributed by atoms with Crippen molar-refractivity contribution in [2.75, 3.05) is 12.3 Å². The van der Waals surface area contributed by atoms with Gasteiger partial charge in [0.15, 0.2) is 10.0 Å². The zero-order chi connectivity index (χ0) is 19.6. The molecule has 1 aromatic heterocycles. The molecule has 9 heteroatoms. The maximum absolute atomic E-state index is 12.4. The van der Waals surface area contributed by atoms with Crippen LogP contribution in [0.15, 0.2) is 27.9 Å². The number of aromatic nitrogens is 1. The van der Waals surface area contributed by atoms with Crippen LogP contribution in [-0.2, 0) is 4.79 Å². The predicted octanol–water partition coefficient (Wildman–Crippen LogP) is 3.59. The van der Waals surface area contributed by atoms with Gasteiger partial charge in [0.2, 0.25) is 5.91 Å². The Morgan fingerprint density at radius 3 is 3.00 bits per heavy atom. The molecule has 1 fully saturated rings. The number of aromatic carboxylic acids is 1. The minimum atomic E-state index is -1.03. The lowest BCUT2D eigenvalue weighted by atomic mass is 9.94. The van der Waals surface area contributed by atoms with Crippen LogP contribution >= 0.6 is 34.7 Å². The van der Waals surface area contributed by atoms with Crippen molar-refractivity contribution >= 4 is 46.6 Å². The predicted molar refractivity (Wildman–Crippen MR) is 108 cm³/mol. The summed E-state index contributed by atoms with van der Waals surface area (Å²) in [6, 6.07) is 5.25. The van der Waals surface area contributed by atoms with Gasteiger partial charge in [-0.3, -0.25) is 4.79 Å². The van der Waals surface area contributed by atoms with Crippen LogP contribution in [-0.4, -0.2) is 45.2 Å². The fraction of sp³-hybridized carbons (Fsp3) is 0.389. The monoisotopic (exact) mass is 425 g/mol. The van der Waals surface area contributed by atoms with Crippen molar-refractivity contribution < 1.29 is 14.7 Å². The first-order valence-corrected chi connectivity index (χ1v) is 10.7. The first kappa shape index (κ1) is 20.1. The van der Waals surface area contributed by atoms with Gasteiger partial charge in [-0.05, 0) is 30.5 Å². The molecule has 144 valence electrons. The molecule has 27 heavy (non-hydrogen) atoms. The highest BCUT2D eigenvalue weighted by Gasteiger charge is 2.36. The van der Waals surface area contributed by atoms with Gasteiger partial charge in [-0.2, -0.15) is 0 Å². The third-order valence-electron chi connectivity index (χ3n) is 4.65. The van der Waals surface area contributed by atoms with Crippen molar-refractivity contribution in [2.24, 2.45) is 5.73 Å². The summed E-state index contributed by atoms with van der Waals surface area (Å²) in [6.45, 7) is 2.51. The SMILES string of the molecule is Cc1cccc(Cl)c1C(N)[C@H]1CCC(=O)N1CCSc1nc(C(=O)O)cs1. The minimum absolute atomic E-state index is 0.0499. The lowest BCUT2D eigenvalue weighted by molar-refractivity contribution is -0.128. The zero-order valence-electron chi connectivity index (χ0n) is 14.7. The first-order valence-electron chi connectivity index (χ1n) is 8.50. The number of halogens is 1. The van der Waals surface area contributed by atoms with E-state index in [1.165, 1.54) is 28.5 Å². The summed E-state index contributed by atoms with van der Waals surface area (Å²) in [4.78, 5) is 29.1. The van der Waals surface area contributed by atoms with Crippen molar-refractivity contribution in [3.05, 3.63) is 45.4 Å². The maximum Gasteiger partial charge on any atom is 0.355 e. The highest BCUT2D eigenvalue weighted by Crippen LogP contribution is 2.34. The van der Waals surface area contributed by atoms with Crippen LogP contribution in [0.3, 0.4) is 0 Å². The van der Waals surface area contributed by atoms with Crippen LogP contribution in [0.1, 0.15) is 40.5 Å². The molecular formula is C18H20ClN3O3S2. The third kappa shape index (κ3) is 4.45. The van der Waals surface area contributed by atoms with Gasteiger partial charge in [0.25, 0.3) is 0 Å². The number of thioether (sulfide) groups is 1. The molecule has 2 atom stereocenters. The largest absolute Gasteiger partial charge is 0.476 e. The van der Waals surface area contributed by atoms with E-state index in [9.17, 15) is 9.59 Å². The number of nitrogens with zero attached hydrogens (tertiary/aromatic N) is 2. The standard InChI is InChI=1S/C18H20ClN3O3S2/c1-10-3-2-4-11(19)15(10)16(20)13-5-6-14(23)22(13)7-8-26-18-21-12(9-27-18)17(24)25/h2-4,9,13,16H,5-8,20H2,1H3,(H,24,25)/t13-,16?/m1/s1. The third-order valence-corrected chi connectivity index (χ3v) is 6.98. The molecule has 0 radical (unpaired) electrons. The van der Waals surface area contributed by atoms with E-state index in [-0.39, 0.29) is 23.7 Å². The quantitative estimate of drug-likeness (QED) is 0.658. The second-order valence-electron chi connectivity index (χ2n) is 6.34. The normalized spacial score (nSPS) is 18.1. The Balaban J connectivity index is 1.66. The number of hydrogen-bond acceptors (Lipinski definition) is 6. The Bertz CT molecular complexity index is 838. The molecule has 1 aliphatic rings. The molecule has 2 heterocycles. The van der Waals surface area contributed by atoms with E-state index in [1.54, 1.807) is 0 Å². The Morgan fingerprint density at radius 1 is 1.56 bits per heavy atom. The molecule has 3 N–H and O–H groups in total. The number of nitrogens with two attached hydrogens (primary N) is 1. The second-order valence-corrected chi connectivity index (χ2v) is 8.95. The van der Waals surface area contributed by atoms with Gasteiger partial charge in [0, 0.05) is 29.1 Å². The Kier molecular flexibility index (Phi) is 6.41. The lowest BCUT2D eigenvalue weighted by Crippen LogP contribution is -2.42. The number of hydrogen-bond donors (Lipinski definition) is 2. The number of carboxylic acids is 1. The molecular weight excluding hydrogens is 406 g/mol. The van der Waals surface area contributed by atoms with Crippen molar-refractivity contribution in [1.82, 2.24) is 9.88 Å². The van der Waals surface area contributed by atoms with Crippen molar-refractivity contribution in [3.63, 3.8) is 0 Å². The number of rotatable bonds is 7. The van der Waals surface area contributed by atoms with Crippen LogP contribution in [0.2, 0.25) is 5.02 Å². The van der Waals surface area contributed by atoms with Crippen LogP contribution in [0.5, 0.6) is 0 Å². The highest BCUT2D eigenvalue weighted by atomic mass is 35.5. The van der Waals surface area contributed by atoms with Crippen LogP contribution in [0, 0.1) is 6.92 Å². The molecule has 0 bridgehead atoms. The average molecular weight is 426 g/mol. The van der Waals surface area contributed by atoms with E-state index in [4.69, 9.17) is 22.4 Å².